The minimum atomic E-state index is -1.22. The zero-order valence-corrected chi connectivity index (χ0v) is 16.3. The lowest BCUT2D eigenvalue weighted by Gasteiger charge is -2.28. The van der Waals surface area contributed by atoms with E-state index in [4.69, 9.17) is 4.74 Å². The Hall–Kier alpha value is -3.10. The summed E-state index contributed by atoms with van der Waals surface area (Å²) in [6.45, 7) is 0.926. The van der Waals surface area contributed by atoms with Crippen LogP contribution in [0.5, 0.6) is 5.75 Å². The number of para-hydroxylation sites is 1. The van der Waals surface area contributed by atoms with E-state index in [-0.39, 0.29) is 36.8 Å². The van der Waals surface area contributed by atoms with Crippen LogP contribution in [0.4, 0.5) is 0 Å². The fourth-order valence-corrected chi connectivity index (χ4v) is 3.66. The number of aliphatic carboxylic acids is 1. The summed E-state index contributed by atoms with van der Waals surface area (Å²) in [5.74, 6) is -1.93. The molecule has 0 radical (unpaired) electrons. The average Bonchev–Trinajstić information content (AvgIpc) is 3.19. The summed E-state index contributed by atoms with van der Waals surface area (Å²) in [6.07, 6.45) is 1.18. The van der Waals surface area contributed by atoms with Crippen LogP contribution in [0.3, 0.4) is 0 Å². The molecule has 156 valence electrons. The lowest BCUT2D eigenvalue weighted by molar-refractivity contribution is -0.144. The molecule has 1 aromatic carbocycles. The van der Waals surface area contributed by atoms with Crippen LogP contribution < -0.4 is 10.1 Å². The van der Waals surface area contributed by atoms with Gasteiger partial charge in [0, 0.05) is 20.0 Å². The summed E-state index contributed by atoms with van der Waals surface area (Å²) in [4.78, 5) is 52.7. The van der Waals surface area contributed by atoms with Crippen LogP contribution in [0.1, 0.15) is 36.0 Å². The first-order chi connectivity index (χ1) is 13.9. The van der Waals surface area contributed by atoms with Crippen LogP contribution in [0.2, 0.25) is 0 Å². The zero-order valence-electron chi connectivity index (χ0n) is 16.3. The molecule has 0 saturated carbocycles. The van der Waals surface area contributed by atoms with Gasteiger partial charge in [-0.15, -0.1) is 0 Å². The first kappa shape index (κ1) is 20.6. The number of likely N-dealkylation sites (N-methyl/N-ethyl adjacent to an activating group) is 1. The van der Waals surface area contributed by atoms with Gasteiger partial charge in [-0.1, -0.05) is 12.1 Å². The van der Waals surface area contributed by atoms with Crippen molar-refractivity contribution in [3.05, 3.63) is 29.8 Å². The highest BCUT2D eigenvalue weighted by Gasteiger charge is 2.36. The molecule has 1 fully saturated rings. The number of nitrogens with one attached hydrogen (secondary N) is 1. The van der Waals surface area contributed by atoms with E-state index in [1.807, 2.05) is 0 Å². The molecule has 3 amide bonds. The van der Waals surface area contributed by atoms with Gasteiger partial charge in [0.25, 0.3) is 5.91 Å². The maximum Gasteiger partial charge on any atom is 0.326 e. The van der Waals surface area contributed by atoms with Gasteiger partial charge in [-0.05, 0) is 31.4 Å². The van der Waals surface area contributed by atoms with Crippen molar-refractivity contribution in [3.8, 4) is 5.75 Å². The molecule has 2 heterocycles. The third kappa shape index (κ3) is 4.67. The van der Waals surface area contributed by atoms with Crippen molar-refractivity contribution in [1.29, 1.82) is 0 Å². The quantitative estimate of drug-likeness (QED) is 0.705. The summed E-state index contributed by atoms with van der Waals surface area (Å²) in [7, 11) is 1.66. The smallest absolute Gasteiger partial charge is 0.326 e. The Morgan fingerprint density at radius 3 is 2.69 bits per heavy atom. The number of hydrogen-bond donors (Lipinski definition) is 2. The number of benzene rings is 1. The van der Waals surface area contributed by atoms with Gasteiger partial charge >= 0.3 is 5.97 Å². The predicted octanol–water partition coefficient (Wildman–Crippen LogP) is 0.492. The molecule has 0 spiro atoms. The molecule has 2 aliphatic rings. The molecule has 2 N–H and O–H groups in total. The third-order valence-electron chi connectivity index (χ3n) is 5.30. The van der Waals surface area contributed by atoms with Crippen LogP contribution in [0.15, 0.2) is 24.3 Å². The number of nitrogens with zero attached hydrogens (tertiary/aromatic N) is 2. The molecule has 0 unspecified atom stereocenters. The molecular formula is C20H25N3O6. The predicted molar refractivity (Wildman–Crippen MR) is 102 cm³/mol. The van der Waals surface area contributed by atoms with E-state index in [1.54, 1.807) is 25.2 Å². The van der Waals surface area contributed by atoms with E-state index in [1.165, 1.54) is 15.9 Å². The number of amides is 3. The lowest BCUT2D eigenvalue weighted by Crippen LogP contribution is -2.48. The van der Waals surface area contributed by atoms with Crippen molar-refractivity contribution in [2.45, 2.75) is 37.8 Å². The molecule has 0 bridgehead atoms. The van der Waals surface area contributed by atoms with Crippen molar-refractivity contribution < 1.29 is 29.0 Å². The highest BCUT2D eigenvalue weighted by Crippen LogP contribution is 2.22. The first-order valence-corrected chi connectivity index (χ1v) is 9.68. The molecular weight excluding hydrogens is 378 g/mol. The van der Waals surface area contributed by atoms with Gasteiger partial charge in [-0.2, -0.15) is 0 Å². The van der Waals surface area contributed by atoms with Crippen LogP contribution >= 0.6 is 0 Å². The lowest BCUT2D eigenvalue weighted by atomic mass is 10.1. The Kier molecular flexibility index (Phi) is 6.36. The van der Waals surface area contributed by atoms with E-state index < -0.39 is 24.0 Å². The molecule has 29 heavy (non-hydrogen) atoms. The van der Waals surface area contributed by atoms with E-state index in [2.05, 4.69) is 5.32 Å². The molecule has 0 aromatic heterocycles. The second kappa shape index (κ2) is 8.93. The first-order valence-electron chi connectivity index (χ1n) is 9.68. The topological polar surface area (TPSA) is 116 Å². The highest BCUT2D eigenvalue weighted by atomic mass is 16.5. The molecule has 2 aliphatic heterocycles. The third-order valence-corrected chi connectivity index (χ3v) is 5.30. The second-order valence-corrected chi connectivity index (χ2v) is 7.25. The number of carbonyl (C=O) groups is 4. The van der Waals surface area contributed by atoms with Crippen LogP contribution in [-0.4, -0.2) is 77.4 Å². The number of carboxylic acids is 1. The summed E-state index contributed by atoms with van der Waals surface area (Å²) >= 11 is 0. The van der Waals surface area contributed by atoms with E-state index >= 15 is 0 Å². The van der Waals surface area contributed by atoms with Gasteiger partial charge in [0.1, 0.15) is 24.4 Å². The minimum Gasteiger partial charge on any atom is -0.491 e. The molecule has 0 aliphatic carbocycles. The normalized spacial score (nSPS) is 24.0. The Balaban J connectivity index is 1.88. The summed E-state index contributed by atoms with van der Waals surface area (Å²) in [6, 6.07) is 4.76. The van der Waals surface area contributed by atoms with Crippen LogP contribution in [0.25, 0.3) is 0 Å². The van der Waals surface area contributed by atoms with E-state index in [0.29, 0.717) is 25.3 Å². The zero-order chi connectivity index (χ0) is 21.0. The molecule has 1 saturated heterocycles. The van der Waals surface area contributed by atoms with Gasteiger partial charge in [0.05, 0.1) is 12.1 Å². The molecule has 9 nitrogen and oxygen atoms in total. The number of carboxylic acid groups (broad SMARTS) is 1. The van der Waals surface area contributed by atoms with Gasteiger partial charge < -0.3 is 25.0 Å². The van der Waals surface area contributed by atoms with Crippen molar-refractivity contribution in [2.75, 3.05) is 26.7 Å². The van der Waals surface area contributed by atoms with Crippen molar-refractivity contribution in [1.82, 2.24) is 15.1 Å². The standard InChI is InChI=1S/C20H25N3O6/c1-22-11-12-29-16-7-3-2-5-13(16)18(25)21-14(20(27)28)8-9-17(24)23-10-4-6-15(23)19(22)26/h2-3,5,7,14-15H,4,6,8-12H2,1H3,(H,21,25)(H,27,28)/t14-,15-/m0/s1. The molecule has 2 atom stereocenters. The monoisotopic (exact) mass is 403 g/mol. The largest absolute Gasteiger partial charge is 0.491 e. The number of carbonyl (C=O) groups excluding carboxylic acids is 3. The van der Waals surface area contributed by atoms with Crippen molar-refractivity contribution in [2.24, 2.45) is 0 Å². The average molecular weight is 403 g/mol. The maximum absolute atomic E-state index is 12.8. The fourth-order valence-electron chi connectivity index (χ4n) is 3.66. The maximum atomic E-state index is 12.8. The SMILES string of the molecule is CN1CCOc2ccccc2C(=O)N[C@H](C(=O)O)CCC(=O)N2CCC[C@H]2C1=O. The second-order valence-electron chi connectivity index (χ2n) is 7.25. The Morgan fingerprint density at radius 1 is 1.17 bits per heavy atom. The Labute approximate surface area is 168 Å². The van der Waals surface area contributed by atoms with E-state index in [9.17, 15) is 24.3 Å². The minimum absolute atomic E-state index is 0.0593. The molecule has 1 aromatic rings. The fraction of sp³-hybridized carbons (Fsp3) is 0.500. The Bertz CT molecular complexity index is 811. The summed E-state index contributed by atoms with van der Waals surface area (Å²) in [5, 5.41) is 11.9. The number of ether oxygens (including phenoxy) is 1. The number of rotatable bonds is 1. The molecule has 3 rings (SSSR count). The number of hydrogen-bond acceptors (Lipinski definition) is 5. The highest BCUT2D eigenvalue weighted by molar-refractivity contribution is 5.99. The number of fused-ring (bicyclic) bond motifs is 2. The van der Waals surface area contributed by atoms with Crippen molar-refractivity contribution >= 4 is 23.7 Å². The van der Waals surface area contributed by atoms with Crippen LogP contribution in [0, 0.1) is 0 Å². The van der Waals surface area contributed by atoms with Gasteiger partial charge in [0.2, 0.25) is 11.8 Å². The molecule has 9 heteroatoms. The van der Waals surface area contributed by atoms with Crippen molar-refractivity contribution in [3.63, 3.8) is 0 Å². The van der Waals surface area contributed by atoms with Gasteiger partial charge in [0.15, 0.2) is 0 Å². The summed E-state index contributed by atoms with van der Waals surface area (Å²) in [5.41, 5.74) is 0.203. The van der Waals surface area contributed by atoms with Gasteiger partial charge in [-0.3, -0.25) is 14.4 Å². The summed E-state index contributed by atoms with van der Waals surface area (Å²) < 4.78 is 5.70. The van der Waals surface area contributed by atoms with E-state index in [0.717, 1.165) is 6.42 Å². The van der Waals surface area contributed by atoms with Gasteiger partial charge in [-0.25, -0.2) is 4.79 Å². The van der Waals surface area contributed by atoms with Crippen LogP contribution in [-0.2, 0) is 14.4 Å². The Morgan fingerprint density at radius 2 is 1.93 bits per heavy atom.